The van der Waals surface area contributed by atoms with E-state index in [1.807, 2.05) is 12.1 Å². The van der Waals surface area contributed by atoms with E-state index in [2.05, 4.69) is 27.8 Å². The van der Waals surface area contributed by atoms with Crippen LogP contribution in [0, 0.1) is 0 Å². The summed E-state index contributed by atoms with van der Waals surface area (Å²) in [5.41, 5.74) is 7.19. The van der Waals surface area contributed by atoms with E-state index < -0.39 is 0 Å². The van der Waals surface area contributed by atoms with E-state index in [4.69, 9.17) is 0 Å². The Kier molecular flexibility index (Phi) is 8.52. The molecular formula is C19H32N4. The van der Waals surface area contributed by atoms with E-state index >= 15 is 0 Å². The molecule has 0 spiro atoms. The quantitative estimate of drug-likeness (QED) is 0.483. The first-order chi connectivity index (χ1) is 11.4. The molecule has 4 heteroatoms. The van der Waals surface area contributed by atoms with Gasteiger partial charge in [-0.1, -0.05) is 71.1 Å². The smallest absolute Gasteiger partial charge is 0.170 e. The number of aromatic nitrogens is 1. The number of unbranched alkanes of at least 4 members (excludes halogenated alkanes) is 10. The van der Waals surface area contributed by atoms with Crippen molar-refractivity contribution in [3.05, 3.63) is 18.3 Å². The van der Waals surface area contributed by atoms with Crippen LogP contribution in [-0.4, -0.2) is 10.8 Å². The Morgan fingerprint density at radius 3 is 2.17 bits per heavy atom. The molecule has 1 aromatic heterocycles. The van der Waals surface area contributed by atoms with E-state index in [1.54, 1.807) is 6.20 Å². The standard InChI is InChI=1S/C19H32N4/c1-2-3-4-5-6-7-8-9-10-11-12-15-18-21-17-14-13-16-20-19(17)23-22-18/h13-14,16H,2-12,15H2,1H3,(H,20,23)(H,21,22). The maximum absolute atomic E-state index is 4.61. The lowest BCUT2D eigenvalue weighted by atomic mass is 10.1. The number of aliphatic imine (C=N–C) groups is 1. The largest absolute Gasteiger partial charge is 0.286 e. The summed E-state index contributed by atoms with van der Waals surface area (Å²) in [5, 5.41) is 0. The monoisotopic (exact) mass is 316 g/mol. The number of amidine groups is 1. The minimum Gasteiger partial charge on any atom is -0.286 e. The fourth-order valence-electron chi connectivity index (χ4n) is 2.96. The minimum atomic E-state index is 0.815. The third kappa shape index (κ3) is 7.02. The highest BCUT2D eigenvalue weighted by atomic mass is 15.4. The third-order valence-electron chi connectivity index (χ3n) is 4.38. The van der Waals surface area contributed by atoms with Crippen LogP contribution in [0.1, 0.15) is 84.0 Å². The van der Waals surface area contributed by atoms with Crippen molar-refractivity contribution < 1.29 is 0 Å². The molecule has 0 saturated carbocycles. The van der Waals surface area contributed by atoms with Gasteiger partial charge in [-0.25, -0.2) is 9.98 Å². The molecule has 2 N–H and O–H groups in total. The lowest BCUT2D eigenvalue weighted by Gasteiger charge is -2.18. The van der Waals surface area contributed by atoms with Crippen LogP contribution in [0.3, 0.4) is 0 Å². The topological polar surface area (TPSA) is 49.3 Å². The Morgan fingerprint density at radius 2 is 1.48 bits per heavy atom. The van der Waals surface area contributed by atoms with Crippen LogP contribution in [0.25, 0.3) is 0 Å². The summed E-state index contributed by atoms with van der Waals surface area (Å²) in [7, 11) is 0. The molecule has 128 valence electrons. The van der Waals surface area contributed by atoms with Gasteiger partial charge < -0.3 is 0 Å². The first-order valence-corrected chi connectivity index (χ1v) is 9.45. The zero-order chi connectivity index (χ0) is 16.2. The van der Waals surface area contributed by atoms with Gasteiger partial charge in [0.05, 0.1) is 0 Å². The second-order valence-electron chi connectivity index (χ2n) is 6.47. The summed E-state index contributed by atoms with van der Waals surface area (Å²) in [5.74, 6) is 1.84. The van der Waals surface area contributed by atoms with E-state index in [1.165, 1.54) is 70.6 Å². The van der Waals surface area contributed by atoms with Gasteiger partial charge in [-0.3, -0.25) is 10.9 Å². The van der Waals surface area contributed by atoms with E-state index in [0.29, 0.717) is 0 Å². The minimum absolute atomic E-state index is 0.815. The average molecular weight is 316 g/mol. The van der Waals surface area contributed by atoms with Gasteiger partial charge in [0.25, 0.3) is 0 Å². The van der Waals surface area contributed by atoms with E-state index in [9.17, 15) is 0 Å². The van der Waals surface area contributed by atoms with Crippen LogP contribution >= 0.6 is 0 Å². The van der Waals surface area contributed by atoms with Crippen LogP contribution in [-0.2, 0) is 0 Å². The predicted molar refractivity (Wildman–Crippen MR) is 99.2 cm³/mol. The van der Waals surface area contributed by atoms with Crippen molar-refractivity contribution in [2.24, 2.45) is 4.99 Å². The van der Waals surface area contributed by atoms with Crippen molar-refractivity contribution in [3.63, 3.8) is 0 Å². The van der Waals surface area contributed by atoms with Gasteiger partial charge >= 0.3 is 0 Å². The molecule has 0 radical (unpaired) electrons. The molecule has 0 bridgehead atoms. The molecule has 2 heterocycles. The zero-order valence-corrected chi connectivity index (χ0v) is 14.6. The second-order valence-corrected chi connectivity index (χ2v) is 6.47. The number of hydrogen-bond acceptors (Lipinski definition) is 4. The summed E-state index contributed by atoms with van der Waals surface area (Å²) in [6.45, 7) is 2.28. The Bertz CT molecular complexity index is 470. The number of anilines is 1. The van der Waals surface area contributed by atoms with Crippen molar-refractivity contribution in [1.82, 2.24) is 10.4 Å². The molecule has 2 rings (SSSR count). The number of fused-ring (bicyclic) bond motifs is 1. The van der Waals surface area contributed by atoms with Gasteiger partial charge in [-0.05, 0) is 18.6 Å². The Labute approximate surface area is 141 Å². The van der Waals surface area contributed by atoms with Crippen molar-refractivity contribution >= 4 is 17.3 Å². The number of hydrazine groups is 1. The number of hydrogen-bond donors (Lipinski definition) is 2. The predicted octanol–water partition coefficient (Wildman–Crippen LogP) is 5.74. The average Bonchev–Trinajstić information content (AvgIpc) is 2.59. The Morgan fingerprint density at radius 1 is 0.826 bits per heavy atom. The second kappa shape index (κ2) is 11.0. The maximum Gasteiger partial charge on any atom is 0.170 e. The summed E-state index contributed by atoms with van der Waals surface area (Å²) < 4.78 is 0. The van der Waals surface area contributed by atoms with Gasteiger partial charge in [0, 0.05) is 12.6 Å². The molecular weight excluding hydrogens is 284 g/mol. The van der Waals surface area contributed by atoms with Crippen molar-refractivity contribution in [2.45, 2.75) is 84.0 Å². The lowest BCUT2D eigenvalue weighted by Crippen LogP contribution is -2.32. The lowest BCUT2D eigenvalue weighted by molar-refractivity contribution is 0.551. The van der Waals surface area contributed by atoms with Crippen LogP contribution in [0.2, 0.25) is 0 Å². The maximum atomic E-state index is 4.61. The summed E-state index contributed by atoms with van der Waals surface area (Å²) in [6.07, 6.45) is 17.9. The summed E-state index contributed by atoms with van der Waals surface area (Å²) >= 11 is 0. The highest BCUT2D eigenvalue weighted by Gasteiger charge is 2.10. The molecule has 0 unspecified atom stereocenters. The Hall–Kier alpha value is -1.58. The zero-order valence-electron chi connectivity index (χ0n) is 14.6. The molecule has 1 aliphatic heterocycles. The normalized spacial score (nSPS) is 13.0. The van der Waals surface area contributed by atoms with Crippen molar-refractivity contribution in [3.8, 4) is 0 Å². The SMILES string of the molecule is CCCCCCCCCCCCCC1=Nc2cccnc2NN1. The number of pyridine rings is 1. The molecule has 0 saturated heterocycles. The molecule has 0 atom stereocenters. The van der Waals surface area contributed by atoms with Crippen LogP contribution in [0.15, 0.2) is 23.3 Å². The number of rotatable bonds is 12. The third-order valence-corrected chi connectivity index (χ3v) is 4.38. The first-order valence-electron chi connectivity index (χ1n) is 9.45. The fraction of sp³-hybridized carbons (Fsp3) is 0.684. The van der Waals surface area contributed by atoms with Gasteiger partial charge in [-0.15, -0.1) is 0 Å². The van der Waals surface area contributed by atoms with Gasteiger partial charge in [0.15, 0.2) is 5.82 Å². The Balaban J connectivity index is 1.46. The van der Waals surface area contributed by atoms with Crippen molar-refractivity contribution in [2.75, 3.05) is 5.43 Å². The van der Waals surface area contributed by atoms with Crippen LogP contribution in [0.5, 0.6) is 0 Å². The highest BCUT2D eigenvalue weighted by molar-refractivity contribution is 5.89. The van der Waals surface area contributed by atoms with Crippen molar-refractivity contribution in [1.29, 1.82) is 0 Å². The van der Waals surface area contributed by atoms with Crippen LogP contribution in [0.4, 0.5) is 11.5 Å². The molecule has 1 aromatic rings. The molecule has 0 aromatic carbocycles. The first kappa shape index (κ1) is 17.8. The van der Waals surface area contributed by atoms with E-state index in [0.717, 1.165) is 23.8 Å². The molecule has 4 nitrogen and oxygen atoms in total. The number of nitrogens with one attached hydrogen (secondary N) is 2. The van der Waals surface area contributed by atoms with Crippen LogP contribution < -0.4 is 10.9 Å². The molecule has 0 fully saturated rings. The van der Waals surface area contributed by atoms with Gasteiger partial charge in [0.1, 0.15) is 11.5 Å². The molecule has 1 aliphatic rings. The summed E-state index contributed by atoms with van der Waals surface area (Å²) in [4.78, 5) is 8.84. The van der Waals surface area contributed by atoms with Gasteiger partial charge in [-0.2, -0.15) is 0 Å². The molecule has 0 amide bonds. The molecule has 23 heavy (non-hydrogen) atoms. The van der Waals surface area contributed by atoms with Gasteiger partial charge in [0.2, 0.25) is 0 Å². The number of nitrogens with zero attached hydrogens (tertiary/aromatic N) is 2. The highest BCUT2D eigenvalue weighted by Crippen LogP contribution is 2.24. The fourth-order valence-corrected chi connectivity index (χ4v) is 2.96. The molecule has 0 aliphatic carbocycles. The van der Waals surface area contributed by atoms with E-state index in [-0.39, 0.29) is 0 Å². The summed E-state index contributed by atoms with van der Waals surface area (Å²) in [6, 6.07) is 3.92.